The van der Waals surface area contributed by atoms with Gasteiger partial charge < -0.3 is 15.8 Å². The van der Waals surface area contributed by atoms with Crippen LogP contribution in [0.3, 0.4) is 0 Å². The zero-order chi connectivity index (χ0) is 14.1. The van der Waals surface area contributed by atoms with E-state index in [1.165, 1.54) is 0 Å². The Hall–Kier alpha value is -0.750. The Bertz CT molecular complexity index is 405. The Kier molecular flexibility index (Phi) is 10.6. The largest absolute Gasteiger partial charge is 0.380 e. The number of carbonyl (C=O) groups excluding carboxylic acids is 1. The summed E-state index contributed by atoms with van der Waals surface area (Å²) in [5.41, 5.74) is 7.96. The zero-order valence-corrected chi connectivity index (χ0v) is 13.6. The number of amides is 1. The maximum atomic E-state index is 11.8. The molecule has 0 aliphatic heterocycles. The molecule has 0 aromatic heterocycles. The lowest BCUT2D eigenvalue weighted by atomic mass is 10.1. The Balaban J connectivity index is 0.00000361. The Morgan fingerprint density at radius 1 is 1.40 bits per heavy atom. The summed E-state index contributed by atoms with van der Waals surface area (Å²) < 4.78 is 5.14. The molecule has 0 saturated heterocycles. The van der Waals surface area contributed by atoms with E-state index < -0.39 is 6.04 Å². The average molecular weight is 319 g/mol. The molecule has 1 amide bonds. The molecule has 0 radical (unpaired) electrons. The van der Waals surface area contributed by atoms with Gasteiger partial charge in [0, 0.05) is 13.7 Å². The number of benzene rings is 1. The molecule has 0 aliphatic rings. The summed E-state index contributed by atoms with van der Waals surface area (Å²) in [6.45, 7) is 1.04. The van der Waals surface area contributed by atoms with Crippen LogP contribution in [0.15, 0.2) is 24.3 Å². The van der Waals surface area contributed by atoms with Crippen molar-refractivity contribution in [3.05, 3.63) is 35.4 Å². The highest BCUT2D eigenvalue weighted by atomic mass is 35.5. The fraction of sp³-hybridized carbons (Fsp3) is 0.500. The first-order valence-corrected chi connectivity index (χ1v) is 7.66. The molecule has 20 heavy (non-hydrogen) atoms. The standard InChI is InChI=1S/C14H22N2O2S.ClH/c1-18-10-12-6-4-3-5-11(12)9-16-14(17)13(15)7-8-19-2;/h3-6,13H,7-10,15H2,1-2H3,(H,16,17);1H/t13-;/m0./s1. The van der Waals surface area contributed by atoms with Gasteiger partial charge in [0.1, 0.15) is 0 Å². The van der Waals surface area contributed by atoms with Gasteiger partial charge in [-0.25, -0.2) is 0 Å². The highest BCUT2D eigenvalue weighted by molar-refractivity contribution is 7.98. The van der Waals surface area contributed by atoms with E-state index >= 15 is 0 Å². The summed E-state index contributed by atoms with van der Waals surface area (Å²) in [6, 6.07) is 7.47. The smallest absolute Gasteiger partial charge is 0.237 e. The van der Waals surface area contributed by atoms with E-state index in [-0.39, 0.29) is 18.3 Å². The summed E-state index contributed by atoms with van der Waals surface area (Å²) in [5, 5.41) is 2.88. The molecule has 0 aliphatic carbocycles. The molecule has 3 N–H and O–H groups in total. The summed E-state index contributed by atoms with van der Waals surface area (Å²) >= 11 is 1.69. The van der Waals surface area contributed by atoms with Crippen molar-refractivity contribution in [3.8, 4) is 0 Å². The fourth-order valence-corrected chi connectivity index (χ4v) is 2.21. The molecule has 1 atom stereocenters. The van der Waals surface area contributed by atoms with Gasteiger partial charge in [0.25, 0.3) is 0 Å². The zero-order valence-electron chi connectivity index (χ0n) is 11.9. The van der Waals surface area contributed by atoms with Crippen molar-refractivity contribution >= 4 is 30.1 Å². The Labute approximate surface area is 131 Å². The van der Waals surface area contributed by atoms with Crippen molar-refractivity contribution in [2.24, 2.45) is 5.73 Å². The van der Waals surface area contributed by atoms with E-state index in [2.05, 4.69) is 5.32 Å². The third-order valence-electron chi connectivity index (χ3n) is 2.84. The van der Waals surface area contributed by atoms with Crippen LogP contribution in [-0.2, 0) is 22.7 Å². The van der Waals surface area contributed by atoms with Gasteiger partial charge in [0.05, 0.1) is 12.6 Å². The monoisotopic (exact) mass is 318 g/mol. The molecule has 1 aromatic rings. The van der Waals surface area contributed by atoms with Gasteiger partial charge in [-0.1, -0.05) is 24.3 Å². The van der Waals surface area contributed by atoms with Gasteiger partial charge in [-0.3, -0.25) is 4.79 Å². The van der Waals surface area contributed by atoms with E-state index in [1.54, 1.807) is 18.9 Å². The highest BCUT2D eigenvalue weighted by Crippen LogP contribution is 2.09. The van der Waals surface area contributed by atoms with Crippen LogP contribution in [-0.4, -0.2) is 31.1 Å². The number of ether oxygens (including phenoxy) is 1. The van der Waals surface area contributed by atoms with Crippen LogP contribution in [0.2, 0.25) is 0 Å². The number of carbonyl (C=O) groups is 1. The predicted molar refractivity (Wildman–Crippen MR) is 87.2 cm³/mol. The van der Waals surface area contributed by atoms with Crippen molar-refractivity contribution in [1.29, 1.82) is 0 Å². The molecule has 114 valence electrons. The van der Waals surface area contributed by atoms with Crippen LogP contribution in [0.1, 0.15) is 17.5 Å². The summed E-state index contributed by atoms with van der Waals surface area (Å²) in [6.07, 6.45) is 2.71. The number of nitrogens with one attached hydrogen (secondary N) is 1. The van der Waals surface area contributed by atoms with Gasteiger partial charge in [0.15, 0.2) is 0 Å². The van der Waals surface area contributed by atoms with Crippen LogP contribution in [0.25, 0.3) is 0 Å². The van der Waals surface area contributed by atoms with Gasteiger partial charge in [-0.05, 0) is 29.6 Å². The molecular weight excluding hydrogens is 296 g/mol. The lowest BCUT2D eigenvalue weighted by Crippen LogP contribution is -2.40. The number of nitrogens with two attached hydrogens (primary N) is 1. The molecule has 1 rings (SSSR count). The maximum absolute atomic E-state index is 11.8. The fourth-order valence-electron chi connectivity index (χ4n) is 1.72. The summed E-state index contributed by atoms with van der Waals surface area (Å²) in [5.74, 6) is 0.802. The normalized spacial score (nSPS) is 11.6. The van der Waals surface area contributed by atoms with Crippen LogP contribution in [0.4, 0.5) is 0 Å². The van der Waals surface area contributed by atoms with E-state index in [9.17, 15) is 4.79 Å². The molecule has 1 aromatic carbocycles. The minimum Gasteiger partial charge on any atom is -0.380 e. The van der Waals surface area contributed by atoms with Gasteiger partial charge in [0.2, 0.25) is 5.91 Å². The second kappa shape index (κ2) is 11.0. The number of hydrogen-bond donors (Lipinski definition) is 2. The van der Waals surface area contributed by atoms with Crippen LogP contribution < -0.4 is 11.1 Å². The molecule has 0 heterocycles. The van der Waals surface area contributed by atoms with Crippen molar-refractivity contribution in [3.63, 3.8) is 0 Å². The lowest BCUT2D eigenvalue weighted by molar-refractivity contribution is -0.122. The lowest BCUT2D eigenvalue weighted by Gasteiger charge is -2.13. The maximum Gasteiger partial charge on any atom is 0.237 e. The second-order valence-electron chi connectivity index (χ2n) is 4.31. The second-order valence-corrected chi connectivity index (χ2v) is 5.29. The van der Waals surface area contributed by atoms with E-state index in [0.29, 0.717) is 19.6 Å². The quantitative estimate of drug-likeness (QED) is 0.769. The number of hydrogen-bond acceptors (Lipinski definition) is 4. The van der Waals surface area contributed by atoms with Crippen LogP contribution >= 0.6 is 24.2 Å². The van der Waals surface area contributed by atoms with E-state index in [4.69, 9.17) is 10.5 Å². The average Bonchev–Trinajstić information content (AvgIpc) is 2.43. The van der Waals surface area contributed by atoms with E-state index in [0.717, 1.165) is 16.9 Å². The van der Waals surface area contributed by atoms with Crippen LogP contribution in [0.5, 0.6) is 0 Å². The van der Waals surface area contributed by atoms with Crippen molar-refractivity contribution < 1.29 is 9.53 Å². The highest BCUT2D eigenvalue weighted by Gasteiger charge is 2.12. The van der Waals surface area contributed by atoms with E-state index in [1.807, 2.05) is 30.5 Å². The first-order valence-electron chi connectivity index (χ1n) is 6.27. The van der Waals surface area contributed by atoms with Crippen molar-refractivity contribution in [2.75, 3.05) is 19.1 Å². The summed E-state index contributed by atoms with van der Waals surface area (Å²) in [7, 11) is 1.66. The minimum absolute atomic E-state index is 0. The molecule has 6 heteroatoms. The third-order valence-corrected chi connectivity index (χ3v) is 3.48. The SMILES string of the molecule is COCc1ccccc1CNC(=O)[C@@H](N)CCSC.Cl. The third kappa shape index (κ3) is 6.61. The molecule has 0 saturated carbocycles. The molecule has 0 fully saturated rings. The first-order chi connectivity index (χ1) is 9.19. The number of rotatable bonds is 8. The number of halogens is 1. The van der Waals surface area contributed by atoms with Gasteiger partial charge in [-0.15, -0.1) is 12.4 Å². The van der Waals surface area contributed by atoms with Crippen molar-refractivity contribution in [2.45, 2.75) is 25.6 Å². The first kappa shape index (κ1) is 19.2. The Morgan fingerprint density at radius 2 is 2.05 bits per heavy atom. The summed E-state index contributed by atoms with van der Waals surface area (Å²) in [4.78, 5) is 11.8. The van der Waals surface area contributed by atoms with Gasteiger partial charge in [-0.2, -0.15) is 11.8 Å². The van der Waals surface area contributed by atoms with Gasteiger partial charge >= 0.3 is 0 Å². The molecule has 0 unspecified atom stereocenters. The number of thioether (sulfide) groups is 1. The van der Waals surface area contributed by atoms with Crippen molar-refractivity contribution in [1.82, 2.24) is 5.32 Å². The minimum atomic E-state index is -0.429. The number of methoxy groups -OCH3 is 1. The molecule has 0 spiro atoms. The predicted octanol–water partition coefficient (Wildman–Crippen LogP) is 1.95. The molecular formula is C14H23ClN2O2S. The topological polar surface area (TPSA) is 64.3 Å². The van der Waals surface area contributed by atoms with Crippen LogP contribution in [0, 0.1) is 0 Å². The molecule has 4 nitrogen and oxygen atoms in total. The Morgan fingerprint density at radius 3 is 2.65 bits per heavy atom. The molecule has 0 bridgehead atoms.